The maximum atomic E-state index is 13.4. The average molecular weight is 556 g/mol. The summed E-state index contributed by atoms with van der Waals surface area (Å²) in [4.78, 5) is 29.5. The van der Waals surface area contributed by atoms with Gasteiger partial charge in [0.1, 0.15) is 5.82 Å². The lowest BCUT2D eigenvalue weighted by atomic mass is 10.1. The number of carboxylic acids is 1. The van der Waals surface area contributed by atoms with Gasteiger partial charge in [-0.25, -0.2) is 9.78 Å². The van der Waals surface area contributed by atoms with Crippen LogP contribution in [0.5, 0.6) is 11.5 Å². The van der Waals surface area contributed by atoms with Crippen LogP contribution in [0, 0.1) is 0 Å². The SMILES string of the molecule is C=CCc1cc(C=Nn2c([C@@H](C)CC)nc3ccc(Br)cc3c2=O)cc(OCC)c1O[C@@H](C)C(=O)O. The van der Waals surface area contributed by atoms with E-state index in [1.807, 2.05) is 39.0 Å². The van der Waals surface area contributed by atoms with Crippen LogP contribution in [-0.2, 0) is 11.2 Å². The molecular formula is C27H30BrN3O5. The van der Waals surface area contributed by atoms with E-state index in [-0.39, 0.29) is 11.5 Å². The van der Waals surface area contributed by atoms with Gasteiger partial charge in [-0.3, -0.25) is 4.79 Å². The van der Waals surface area contributed by atoms with E-state index in [1.54, 1.807) is 24.4 Å². The number of nitrogens with zero attached hydrogens (tertiary/aromatic N) is 3. The quantitative estimate of drug-likeness (QED) is 0.246. The number of ether oxygens (including phenoxy) is 2. The van der Waals surface area contributed by atoms with Gasteiger partial charge in [0.15, 0.2) is 17.6 Å². The lowest BCUT2D eigenvalue weighted by Gasteiger charge is -2.19. The number of fused-ring (bicyclic) bond motifs is 1. The number of aliphatic carboxylic acids is 1. The first kappa shape index (κ1) is 27.1. The van der Waals surface area contributed by atoms with Crippen LogP contribution < -0.4 is 15.0 Å². The van der Waals surface area contributed by atoms with Crippen LogP contribution in [0.4, 0.5) is 0 Å². The molecule has 1 N–H and O–H groups in total. The van der Waals surface area contributed by atoms with Gasteiger partial charge in [-0.1, -0.05) is 35.9 Å². The molecule has 1 heterocycles. The summed E-state index contributed by atoms with van der Waals surface area (Å²) in [6, 6.07) is 8.93. The summed E-state index contributed by atoms with van der Waals surface area (Å²) in [5.41, 5.74) is 1.70. The van der Waals surface area contributed by atoms with E-state index in [1.165, 1.54) is 11.6 Å². The second-order valence-corrected chi connectivity index (χ2v) is 9.25. The fraction of sp³-hybridized carbons (Fsp3) is 0.333. The van der Waals surface area contributed by atoms with Crippen molar-refractivity contribution in [3.63, 3.8) is 0 Å². The minimum Gasteiger partial charge on any atom is -0.490 e. The van der Waals surface area contributed by atoms with Gasteiger partial charge in [0.2, 0.25) is 0 Å². The summed E-state index contributed by atoms with van der Waals surface area (Å²) in [7, 11) is 0. The fourth-order valence-corrected chi connectivity index (χ4v) is 3.95. The molecule has 8 nitrogen and oxygen atoms in total. The van der Waals surface area contributed by atoms with Crippen LogP contribution in [0.3, 0.4) is 0 Å². The third-order valence-corrected chi connectivity index (χ3v) is 6.16. The van der Waals surface area contributed by atoms with Crippen molar-refractivity contribution in [2.45, 2.75) is 52.6 Å². The molecule has 0 radical (unpaired) electrons. The molecule has 0 aliphatic heterocycles. The number of rotatable bonds is 11. The number of halogens is 1. The molecule has 0 saturated heterocycles. The molecule has 0 bridgehead atoms. The highest BCUT2D eigenvalue weighted by Gasteiger charge is 2.20. The molecule has 0 aliphatic rings. The Morgan fingerprint density at radius 3 is 2.67 bits per heavy atom. The van der Waals surface area contributed by atoms with Crippen molar-refractivity contribution < 1.29 is 19.4 Å². The number of hydrogen-bond donors (Lipinski definition) is 1. The van der Waals surface area contributed by atoms with E-state index >= 15 is 0 Å². The van der Waals surface area contributed by atoms with Crippen LogP contribution >= 0.6 is 15.9 Å². The minimum atomic E-state index is -1.08. The molecule has 0 unspecified atom stereocenters. The topological polar surface area (TPSA) is 103 Å². The highest BCUT2D eigenvalue weighted by atomic mass is 79.9. The molecule has 0 saturated carbocycles. The van der Waals surface area contributed by atoms with Gasteiger partial charge in [-0.05, 0) is 62.6 Å². The lowest BCUT2D eigenvalue weighted by Crippen LogP contribution is -2.24. The largest absolute Gasteiger partial charge is 0.490 e. The van der Waals surface area contributed by atoms with E-state index < -0.39 is 12.1 Å². The predicted octanol–water partition coefficient (Wildman–Crippen LogP) is 5.53. The Bertz CT molecular complexity index is 1370. The number of aromatic nitrogens is 2. The molecule has 190 valence electrons. The maximum absolute atomic E-state index is 13.4. The van der Waals surface area contributed by atoms with Crippen molar-refractivity contribution >= 4 is 39.0 Å². The number of carboxylic acid groups (broad SMARTS) is 1. The highest BCUT2D eigenvalue weighted by molar-refractivity contribution is 9.10. The summed E-state index contributed by atoms with van der Waals surface area (Å²) in [5, 5.41) is 14.3. The standard InChI is InChI=1S/C27H30BrN3O5/c1-6-9-19-12-18(13-23(35-8-3)24(19)36-17(5)27(33)34)15-29-31-25(16(4)7-2)30-22-11-10-20(28)14-21(22)26(31)32/h6,10-17H,1,7-9H2,2-5H3,(H,33,34)/t16-,17-/m0/s1. The zero-order valence-electron chi connectivity index (χ0n) is 20.8. The zero-order valence-corrected chi connectivity index (χ0v) is 22.4. The molecule has 2 atom stereocenters. The number of allylic oxidation sites excluding steroid dienone is 1. The van der Waals surface area contributed by atoms with Gasteiger partial charge in [-0.15, -0.1) is 6.58 Å². The van der Waals surface area contributed by atoms with Crippen molar-refractivity contribution in [3.8, 4) is 11.5 Å². The summed E-state index contributed by atoms with van der Waals surface area (Å²) < 4.78 is 13.6. The molecule has 3 rings (SSSR count). The Balaban J connectivity index is 2.16. The molecule has 2 aromatic carbocycles. The lowest BCUT2D eigenvalue weighted by molar-refractivity contribution is -0.144. The Kier molecular flexibility index (Phi) is 9.03. The van der Waals surface area contributed by atoms with E-state index in [4.69, 9.17) is 14.5 Å². The minimum absolute atomic E-state index is 0.00601. The van der Waals surface area contributed by atoms with Crippen LogP contribution in [0.25, 0.3) is 10.9 Å². The van der Waals surface area contributed by atoms with Crippen LogP contribution in [0.15, 0.2) is 57.4 Å². The maximum Gasteiger partial charge on any atom is 0.344 e. The number of hydrogen-bond acceptors (Lipinski definition) is 6. The highest BCUT2D eigenvalue weighted by Crippen LogP contribution is 2.34. The molecule has 3 aromatic rings. The van der Waals surface area contributed by atoms with Gasteiger partial charge in [-0.2, -0.15) is 9.78 Å². The average Bonchev–Trinajstić information content (AvgIpc) is 2.85. The van der Waals surface area contributed by atoms with Crippen molar-refractivity contribution in [1.29, 1.82) is 0 Å². The smallest absolute Gasteiger partial charge is 0.344 e. The van der Waals surface area contributed by atoms with Gasteiger partial charge in [0, 0.05) is 16.0 Å². The summed E-state index contributed by atoms with van der Waals surface area (Å²) in [5.74, 6) is 0.228. The second kappa shape index (κ2) is 12.0. The van der Waals surface area contributed by atoms with E-state index in [0.717, 1.165) is 10.9 Å². The molecule has 9 heteroatoms. The first-order valence-electron chi connectivity index (χ1n) is 11.8. The molecule has 0 amide bonds. The van der Waals surface area contributed by atoms with Crippen LogP contribution in [0.2, 0.25) is 0 Å². The molecule has 0 fully saturated rings. The van der Waals surface area contributed by atoms with Crippen molar-refractivity contribution in [1.82, 2.24) is 9.66 Å². The first-order valence-corrected chi connectivity index (χ1v) is 12.6. The molecule has 0 spiro atoms. The Morgan fingerprint density at radius 1 is 1.28 bits per heavy atom. The van der Waals surface area contributed by atoms with Crippen LogP contribution in [0.1, 0.15) is 57.0 Å². The normalized spacial score (nSPS) is 13.0. The second-order valence-electron chi connectivity index (χ2n) is 8.33. The van der Waals surface area contributed by atoms with E-state index in [0.29, 0.717) is 52.4 Å². The number of carbonyl (C=O) groups is 1. The molecule has 36 heavy (non-hydrogen) atoms. The monoisotopic (exact) mass is 555 g/mol. The van der Waals surface area contributed by atoms with Gasteiger partial charge in [0.25, 0.3) is 5.56 Å². The number of benzene rings is 2. The van der Waals surface area contributed by atoms with Crippen molar-refractivity contribution in [2.75, 3.05) is 6.61 Å². The van der Waals surface area contributed by atoms with E-state index in [2.05, 4.69) is 27.6 Å². The van der Waals surface area contributed by atoms with Gasteiger partial charge < -0.3 is 14.6 Å². The van der Waals surface area contributed by atoms with Crippen LogP contribution in [-0.4, -0.2) is 39.7 Å². The summed E-state index contributed by atoms with van der Waals surface area (Å²) in [6.45, 7) is 11.5. The molecule has 0 aliphatic carbocycles. The van der Waals surface area contributed by atoms with Gasteiger partial charge in [0.05, 0.1) is 23.7 Å². The Hall–Kier alpha value is -3.46. The fourth-order valence-electron chi connectivity index (χ4n) is 3.59. The Morgan fingerprint density at radius 2 is 2.03 bits per heavy atom. The molecular weight excluding hydrogens is 526 g/mol. The van der Waals surface area contributed by atoms with Crippen molar-refractivity contribution in [2.24, 2.45) is 5.10 Å². The zero-order chi connectivity index (χ0) is 26.4. The van der Waals surface area contributed by atoms with E-state index in [9.17, 15) is 14.7 Å². The van der Waals surface area contributed by atoms with Gasteiger partial charge >= 0.3 is 5.97 Å². The third kappa shape index (κ3) is 6.02. The first-order chi connectivity index (χ1) is 17.2. The third-order valence-electron chi connectivity index (χ3n) is 5.67. The van der Waals surface area contributed by atoms with Crippen molar-refractivity contribution in [3.05, 3.63) is 74.8 Å². The summed E-state index contributed by atoms with van der Waals surface area (Å²) >= 11 is 3.42. The summed E-state index contributed by atoms with van der Waals surface area (Å²) in [6.07, 6.45) is 3.41. The predicted molar refractivity (Wildman–Crippen MR) is 145 cm³/mol. The molecule has 1 aromatic heterocycles. The Labute approximate surface area is 218 Å².